The third kappa shape index (κ3) is 2.77. The lowest BCUT2D eigenvalue weighted by Crippen LogP contribution is -2.05. The van der Waals surface area contributed by atoms with E-state index < -0.39 is 0 Å². The molecule has 3 aromatic rings. The van der Waals surface area contributed by atoms with Gasteiger partial charge in [0, 0.05) is 13.0 Å². The van der Waals surface area contributed by atoms with Gasteiger partial charge in [-0.3, -0.25) is 0 Å². The third-order valence-corrected chi connectivity index (χ3v) is 3.70. The minimum absolute atomic E-state index is 0.649. The number of rotatable bonds is 3. The van der Waals surface area contributed by atoms with Gasteiger partial charge in [-0.25, -0.2) is 0 Å². The van der Waals surface area contributed by atoms with Gasteiger partial charge in [0.05, 0.1) is 13.2 Å². The van der Waals surface area contributed by atoms with Crippen LogP contribution in [0.25, 0.3) is 5.65 Å². The van der Waals surface area contributed by atoms with Gasteiger partial charge in [0.2, 0.25) is 0 Å². The van der Waals surface area contributed by atoms with Gasteiger partial charge in [0.15, 0.2) is 23.0 Å². The zero-order valence-corrected chi connectivity index (χ0v) is 12.8. The Hall–Kier alpha value is -2.83. The molecule has 23 heavy (non-hydrogen) atoms. The van der Waals surface area contributed by atoms with E-state index in [1.54, 1.807) is 4.52 Å². The second-order valence-electron chi connectivity index (χ2n) is 5.42. The van der Waals surface area contributed by atoms with E-state index >= 15 is 0 Å². The molecule has 0 bridgehead atoms. The minimum atomic E-state index is 0.649. The van der Waals surface area contributed by atoms with Crippen LogP contribution in [0.5, 0.6) is 11.5 Å². The zero-order chi connectivity index (χ0) is 15.6. The maximum Gasteiger partial charge on any atom is 0.178 e. The molecule has 0 saturated heterocycles. The molecule has 0 spiro atoms. The number of fused-ring (bicyclic) bond motifs is 2. The van der Waals surface area contributed by atoms with Crippen molar-refractivity contribution in [3.05, 3.63) is 41.7 Å². The Morgan fingerprint density at radius 1 is 1.09 bits per heavy atom. The van der Waals surface area contributed by atoms with Gasteiger partial charge in [-0.05, 0) is 36.8 Å². The molecule has 4 rings (SSSR count). The average molecular weight is 311 g/mol. The van der Waals surface area contributed by atoms with Crippen LogP contribution in [0.4, 0.5) is 5.82 Å². The van der Waals surface area contributed by atoms with Crippen molar-refractivity contribution < 1.29 is 9.47 Å². The second-order valence-corrected chi connectivity index (χ2v) is 5.42. The first kappa shape index (κ1) is 13.8. The van der Waals surface area contributed by atoms with Crippen molar-refractivity contribution in [2.24, 2.45) is 0 Å². The van der Waals surface area contributed by atoms with Crippen LogP contribution in [0.3, 0.4) is 0 Å². The van der Waals surface area contributed by atoms with Crippen molar-refractivity contribution in [1.82, 2.24) is 19.8 Å². The molecular weight excluding hydrogens is 294 g/mol. The number of nitrogens with one attached hydrogen (secondary N) is 1. The number of benzene rings is 1. The van der Waals surface area contributed by atoms with Gasteiger partial charge < -0.3 is 14.8 Å². The van der Waals surface area contributed by atoms with E-state index in [4.69, 9.17) is 9.47 Å². The van der Waals surface area contributed by atoms with Gasteiger partial charge in [-0.2, -0.15) is 4.52 Å². The summed E-state index contributed by atoms with van der Waals surface area (Å²) in [5, 5.41) is 15.8. The summed E-state index contributed by atoms with van der Waals surface area (Å²) < 4.78 is 13.1. The van der Waals surface area contributed by atoms with Crippen LogP contribution in [0.1, 0.15) is 17.8 Å². The molecular formula is C16H17N5O2. The first-order valence-electron chi connectivity index (χ1n) is 7.61. The molecule has 1 aliphatic heterocycles. The van der Waals surface area contributed by atoms with Gasteiger partial charge in [-0.1, -0.05) is 6.07 Å². The summed E-state index contributed by atoms with van der Waals surface area (Å²) in [7, 11) is 0. The Kier molecular flexibility index (Phi) is 3.45. The minimum Gasteiger partial charge on any atom is -0.490 e. The summed E-state index contributed by atoms with van der Waals surface area (Å²) >= 11 is 0. The number of aryl methyl sites for hydroxylation is 1. The molecule has 1 aliphatic rings. The normalized spacial score (nSPS) is 13.8. The van der Waals surface area contributed by atoms with E-state index in [0.717, 1.165) is 40.8 Å². The lowest BCUT2D eigenvalue weighted by atomic mass is 10.2. The Balaban J connectivity index is 1.51. The standard InChI is InChI=1S/C16H17N5O2/c1-11-18-19-16-6-5-15(20-21(11)16)17-10-12-3-4-13-14(9-12)23-8-2-7-22-13/h3-6,9H,2,7-8,10H2,1H3,(H,17,20). The highest BCUT2D eigenvalue weighted by Gasteiger charge is 2.10. The number of ether oxygens (including phenoxy) is 2. The van der Waals surface area contributed by atoms with Crippen LogP contribution in [-0.2, 0) is 6.54 Å². The lowest BCUT2D eigenvalue weighted by molar-refractivity contribution is 0.297. The molecule has 0 saturated carbocycles. The molecule has 118 valence electrons. The molecule has 1 aromatic carbocycles. The Morgan fingerprint density at radius 3 is 2.87 bits per heavy atom. The molecule has 0 aliphatic carbocycles. The van der Waals surface area contributed by atoms with Gasteiger partial charge in [0.25, 0.3) is 0 Å². The van der Waals surface area contributed by atoms with E-state index in [0.29, 0.717) is 19.8 Å². The van der Waals surface area contributed by atoms with Gasteiger partial charge in [0.1, 0.15) is 5.82 Å². The predicted molar refractivity (Wildman–Crippen MR) is 84.9 cm³/mol. The van der Waals surface area contributed by atoms with Crippen molar-refractivity contribution in [3.63, 3.8) is 0 Å². The molecule has 0 radical (unpaired) electrons. The van der Waals surface area contributed by atoms with E-state index in [-0.39, 0.29) is 0 Å². The summed E-state index contributed by atoms with van der Waals surface area (Å²) in [4.78, 5) is 0. The molecule has 7 nitrogen and oxygen atoms in total. The second kappa shape index (κ2) is 5.75. The number of hydrogen-bond acceptors (Lipinski definition) is 6. The molecule has 2 aromatic heterocycles. The third-order valence-electron chi connectivity index (χ3n) is 3.70. The number of nitrogens with zero attached hydrogens (tertiary/aromatic N) is 4. The van der Waals surface area contributed by atoms with E-state index in [2.05, 4.69) is 20.6 Å². The molecule has 0 amide bonds. The molecule has 1 N–H and O–H groups in total. The maximum atomic E-state index is 5.72. The van der Waals surface area contributed by atoms with Crippen LogP contribution in [0.2, 0.25) is 0 Å². The van der Waals surface area contributed by atoms with E-state index in [9.17, 15) is 0 Å². The molecule has 0 unspecified atom stereocenters. The maximum absolute atomic E-state index is 5.72. The fourth-order valence-corrected chi connectivity index (χ4v) is 2.50. The summed E-state index contributed by atoms with van der Waals surface area (Å²) in [6.07, 6.45) is 0.907. The van der Waals surface area contributed by atoms with Crippen molar-refractivity contribution in [2.45, 2.75) is 19.9 Å². The highest BCUT2D eigenvalue weighted by molar-refractivity contribution is 5.46. The molecule has 7 heteroatoms. The highest BCUT2D eigenvalue weighted by atomic mass is 16.5. The number of hydrogen-bond donors (Lipinski definition) is 1. The monoisotopic (exact) mass is 311 g/mol. The smallest absolute Gasteiger partial charge is 0.178 e. The Bertz CT molecular complexity index is 846. The van der Waals surface area contributed by atoms with E-state index in [1.165, 1.54) is 0 Å². The number of aromatic nitrogens is 4. The first-order valence-corrected chi connectivity index (χ1v) is 7.61. The van der Waals surface area contributed by atoms with Crippen LogP contribution in [0.15, 0.2) is 30.3 Å². The largest absolute Gasteiger partial charge is 0.490 e. The SMILES string of the molecule is Cc1nnc2ccc(NCc3ccc4c(c3)OCCCO4)nn12. The molecule has 3 heterocycles. The Labute approximate surface area is 133 Å². The van der Waals surface area contributed by atoms with E-state index in [1.807, 2.05) is 37.3 Å². The van der Waals surface area contributed by atoms with Crippen molar-refractivity contribution >= 4 is 11.5 Å². The van der Waals surface area contributed by atoms with Gasteiger partial charge >= 0.3 is 0 Å². The summed E-state index contributed by atoms with van der Waals surface area (Å²) in [6, 6.07) is 9.79. The summed E-state index contributed by atoms with van der Waals surface area (Å²) in [6.45, 7) is 3.92. The average Bonchev–Trinajstić information content (AvgIpc) is 2.80. The topological polar surface area (TPSA) is 73.6 Å². The van der Waals surface area contributed by atoms with Crippen molar-refractivity contribution in [2.75, 3.05) is 18.5 Å². The summed E-state index contributed by atoms with van der Waals surface area (Å²) in [5.41, 5.74) is 1.85. The fraction of sp³-hybridized carbons (Fsp3) is 0.312. The summed E-state index contributed by atoms with van der Waals surface area (Å²) in [5.74, 6) is 3.15. The first-order chi connectivity index (χ1) is 11.3. The number of anilines is 1. The zero-order valence-electron chi connectivity index (χ0n) is 12.8. The molecule has 0 fully saturated rings. The van der Waals surface area contributed by atoms with Crippen molar-refractivity contribution in [1.29, 1.82) is 0 Å². The highest BCUT2D eigenvalue weighted by Crippen LogP contribution is 2.30. The van der Waals surface area contributed by atoms with Crippen LogP contribution in [0, 0.1) is 6.92 Å². The van der Waals surface area contributed by atoms with Gasteiger partial charge in [-0.15, -0.1) is 15.3 Å². The quantitative estimate of drug-likeness (QED) is 0.799. The fourth-order valence-electron chi connectivity index (χ4n) is 2.50. The Morgan fingerprint density at radius 2 is 1.96 bits per heavy atom. The van der Waals surface area contributed by atoms with Crippen LogP contribution in [-0.4, -0.2) is 33.0 Å². The lowest BCUT2D eigenvalue weighted by Gasteiger charge is -2.10. The molecule has 0 atom stereocenters. The van der Waals surface area contributed by atoms with Crippen molar-refractivity contribution in [3.8, 4) is 11.5 Å². The predicted octanol–water partition coefficient (Wildman–Crippen LogP) is 2.21. The van der Waals surface area contributed by atoms with Crippen LogP contribution >= 0.6 is 0 Å². The van der Waals surface area contributed by atoms with Crippen LogP contribution < -0.4 is 14.8 Å².